The molecule has 184 valence electrons. The maximum Gasteiger partial charge on any atom is 0.231 e. The number of aromatic nitrogens is 7. The zero-order valence-electron chi connectivity index (χ0n) is 21.0. The number of ether oxygens (including phenoxy) is 2. The van der Waals surface area contributed by atoms with E-state index >= 15 is 0 Å². The number of hydrogen-bond acceptors (Lipinski definition) is 7. The van der Waals surface area contributed by atoms with Crippen LogP contribution in [0.4, 0.5) is 0 Å². The topological polar surface area (TPSA) is 104 Å². The third kappa shape index (κ3) is 5.16. The smallest absolute Gasteiger partial charge is 0.231 e. The molecule has 0 saturated heterocycles. The summed E-state index contributed by atoms with van der Waals surface area (Å²) in [6.07, 6.45) is 1.28. The van der Waals surface area contributed by atoms with E-state index < -0.39 is 5.79 Å². The van der Waals surface area contributed by atoms with E-state index in [4.69, 9.17) is 19.6 Å². The number of nitrogens with zero attached hydrogens (tertiary/aromatic N) is 6. The summed E-state index contributed by atoms with van der Waals surface area (Å²) in [5, 5.41) is 19.2. The predicted molar refractivity (Wildman–Crippen MR) is 133 cm³/mol. The molecule has 9 nitrogen and oxygen atoms in total. The van der Waals surface area contributed by atoms with Crippen LogP contribution in [0.15, 0.2) is 48.5 Å². The van der Waals surface area contributed by atoms with Gasteiger partial charge >= 0.3 is 0 Å². The molecular weight excluding hydrogens is 442 g/mol. The van der Waals surface area contributed by atoms with Crippen molar-refractivity contribution < 1.29 is 9.47 Å². The SMILES string of the molecule is CCOC(CC)(OCC)c1nc(Cc2ccc(-c3ccccc3-c3nnn[nH]3)cc2)n(C(C)C)n1. The number of rotatable bonds is 11. The summed E-state index contributed by atoms with van der Waals surface area (Å²) in [7, 11) is 0. The molecule has 4 aromatic rings. The Hall–Kier alpha value is -3.43. The van der Waals surface area contributed by atoms with E-state index in [2.05, 4.69) is 64.8 Å². The van der Waals surface area contributed by atoms with E-state index in [1.54, 1.807) is 0 Å². The Morgan fingerprint density at radius 3 is 2.20 bits per heavy atom. The number of aromatic amines is 1. The fraction of sp³-hybridized carbons (Fsp3) is 0.423. The minimum absolute atomic E-state index is 0.158. The van der Waals surface area contributed by atoms with Gasteiger partial charge in [0, 0.05) is 37.7 Å². The van der Waals surface area contributed by atoms with Crippen LogP contribution in [0.3, 0.4) is 0 Å². The van der Waals surface area contributed by atoms with E-state index in [1.807, 2.05) is 43.7 Å². The first kappa shape index (κ1) is 24.7. The molecule has 0 aliphatic rings. The largest absolute Gasteiger partial charge is 0.344 e. The van der Waals surface area contributed by atoms with Crippen molar-refractivity contribution in [3.05, 3.63) is 65.7 Å². The molecule has 0 spiro atoms. The molecule has 2 aromatic heterocycles. The van der Waals surface area contributed by atoms with Gasteiger partial charge in [-0.2, -0.15) is 0 Å². The lowest BCUT2D eigenvalue weighted by Gasteiger charge is -2.29. The highest BCUT2D eigenvalue weighted by Gasteiger charge is 2.37. The van der Waals surface area contributed by atoms with Crippen LogP contribution in [0.5, 0.6) is 0 Å². The van der Waals surface area contributed by atoms with Crippen LogP contribution in [-0.2, 0) is 21.7 Å². The molecule has 2 aromatic carbocycles. The van der Waals surface area contributed by atoms with E-state index in [1.165, 1.54) is 0 Å². The van der Waals surface area contributed by atoms with Gasteiger partial charge in [-0.3, -0.25) is 0 Å². The van der Waals surface area contributed by atoms with Crippen LogP contribution in [0.25, 0.3) is 22.5 Å². The van der Waals surface area contributed by atoms with E-state index in [9.17, 15) is 0 Å². The normalized spacial score (nSPS) is 11.9. The Morgan fingerprint density at radius 1 is 0.943 bits per heavy atom. The molecule has 0 atom stereocenters. The fourth-order valence-corrected chi connectivity index (χ4v) is 4.25. The lowest BCUT2D eigenvalue weighted by Crippen LogP contribution is -2.34. The average molecular weight is 476 g/mol. The minimum Gasteiger partial charge on any atom is -0.344 e. The second-order valence-corrected chi connectivity index (χ2v) is 8.53. The Balaban J connectivity index is 1.63. The molecule has 9 heteroatoms. The molecule has 4 rings (SSSR count). The number of nitrogens with one attached hydrogen (secondary N) is 1. The number of benzene rings is 2. The summed E-state index contributed by atoms with van der Waals surface area (Å²) in [6, 6.07) is 16.7. The zero-order chi connectivity index (χ0) is 24.8. The second-order valence-electron chi connectivity index (χ2n) is 8.53. The van der Waals surface area contributed by atoms with Crippen molar-refractivity contribution in [2.45, 2.75) is 59.3 Å². The molecule has 0 aliphatic carbocycles. The van der Waals surface area contributed by atoms with Crippen molar-refractivity contribution in [3.8, 4) is 22.5 Å². The van der Waals surface area contributed by atoms with Gasteiger partial charge in [0.2, 0.25) is 11.6 Å². The fourth-order valence-electron chi connectivity index (χ4n) is 4.25. The Bertz CT molecular complexity index is 1210. The summed E-state index contributed by atoms with van der Waals surface area (Å²) >= 11 is 0. The van der Waals surface area contributed by atoms with Crippen molar-refractivity contribution in [2.24, 2.45) is 0 Å². The van der Waals surface area contributed by atoms with Gasteiger partial charge < -0.3 is 9.47 Å². The zero-order valence-corrected chi connectivity index (χ0v) is 21.0. The average Bonchev–Trinajstić information content (AvgIpc) is 3.55. The van der Waals surface area contributed by atoms with Crippen molar-refractivity contribution in [1.82, 2.24) is 35.4 Å². The third-order valence-corrected chi connectivity index (χ3v) is 5.91. The van der Waals surface area contributed by atoms with Crippen LogP contribution >= 0.6 is 0 Å². The summed E-state index contributed by atoms with van der Waals surface area (Å²) < 4.78 is 14.0. The first-order valence-electron chi connectivity index (χ1n) is 12.2. The summed E-state index contributed by atoms with van der Waals surface area (Å²) in [4.78, 5) is 4.91. The molecule has 0 fully saturated rings. The van der Waals surface area contributed by atoms with Gasteiger partial charge in [-0.15, -0.1) is 10.2 Å². The predicted octanol–water partition coefficient (Wildman–Crippen LogP) is 4.93. The number of tetrazole rings is 1. The van der Waals surface area contributed by atoms with Gasteiger partial charge in [0.1, 0.15) is 5.82 Å². The highest BCUT2D eigenvalue weighted by Crippen LogP contribution is 2.32. The Labute approximate surface area is 205 Å². The molecule has 0 unspecified atom stereocenters. The molecular formula is C26H33N7O2. The lowest BCUT2D eigenvalue weighted by atomic mass is 9.98. The van der Waals surface area contributed by atoms with Gasteiger partial charge in [0.05, 0.1) is 0 Å². The van der Waals surface area contributed by atoms with E-state index in [0.717, 1.165) is 28.1 Å². The van der Waals surface area contributed by atoms with Crippen molar-refractivity contribution in [2.75, 3.05) is 13.2 Å². The number of hydrogen-bond donors (Lipinski definition) is 1. The third-order valence-electron chi connectivity index (χ3n) is 5.91. The van der Waals surface area contributed by atoms with Crippen LogP contribution < -0.4 is 0 Å². The van der Waals surface area contributed by atoms with Crippen LogP contribution in [0.1, 0.15) is 64.3 Å². The Kier molecular flexibility index (Phi) is 7.67. The molecule has 35 heavy (non-hydrogen) atoms. The van der Waals surface area contributed by atoms with Crippen molar-refractivity contribution in [3.63, 3.8) is 0 Å². The van der Waals surface area contributed by atoms with E-state index in [-0.39, 0.29) is 6.04 Å². The number of H-pyrrole nitrogens is 1. The quantitative estimate of drug-likeness (QED) is 0.307. The van der Waals surface area contributed by atoms with Crippen molar-refractivity contribution >= 4 is 0 Å². The lowest BCUT2D eigenvalue weighted by molar-refractivity contribution is -0.249. The monoisotopic (exact) mass is 475 g/mol. The molecule has 0 saturated carbocycles. The standard InChI is InChI=1S/C26H33N7O2/c1-6-26(34-7-2,35-8-3)25-27-23(33(30-25)18(4)5)17-19-13-15-20(16-14-19)21-11-9-10-12-22(21)24-28-31-32-29-24/h9-16,18H,6-8,17H2,1-5H3,(H,28,29,31,32). The molecule has 0 radical (unpaired) electrons. The Morgan fingerprint density at radius 2 is 1.63 bits per heavy atom. The summed E-state index contributed by atoms with van der Waals surface area (Å²) in [5.74, 6) is 1.18. The summed E-state index contributed by atoms with van der Waals surface area (Å²) in [5.41, 5.74) is 4.25. The second kappa shape index (κ2) is 10.9. The highest BCUT2D eigenvalue weighted by atomic mass is 16.7. The van der Waals surface area contributed by atoms with Crippen LogP contribution in [0, 0.1) is 0 Å². The van der Waals surface area contributed by atoms with Crippen molar-refractivity contribution in [1.29, 1.82) is 0 Å². The molecule has 0 amide bonds. The minimum atomic E-state index is -0.929. The first-order chi connectivity index (χ1) is 17.0. The molecule has 0 aliphatic heterocycles. The van der Waals surface area contributed by atoms with Crippen LogP contribution in [0.2, 0.25) is 0 Å². The molecule has 2 heterocycles. The van der Waals surface area contributed by atoms with E-state index in [0.29, 0.717) is 37.7 Å². The summed E-state index contributed by atoms with van der Waals surface area (Å²) in [6.45, 7) is 11.2. The molecule has 1 N–H and O–H groups in total. The first-order valence-corrected chi connectivity index (χ1v) is 12.2. The van der Waals surface area contributed by atoms with Crippen LogP contribution in [-0.4, -0.2) is 48.6 Å². The highest BCUT2D eigenvalue weighted by molar-refractivity contribution is 5.80. The molecule has 0 bridgehead atoms. The maximum atomic E-state index is 6.03. The van der Waals surface area contributed by atoms with Gasteiger partial charge in [-0.1, -0.05) is 55.5 Å². The maximum absolute atomic E-state index is 6.03. The van der Waals surface area contributed by atoms with Gasteiger partial charge in [0.25, 0.3) is 0 Å². The van der Waals surface area contributed by atoms with Gasteiger partial charge in [-0.25, -0.2) is 14.8 Å². The van der Waals surface area contributed by atoms with Gasteiger partial charge in [0.15, 0.2) is 5.82 Å². The van der Waals surface area contributed by atoms with Gasteiger partial charge in [-0.05, 0) is 54.8 Å².